The van der Waals surface area contributed by atoms with E-state index in [0.29, 0.717) is 6.61 Å². The predicted molar refractivity (Wildman–Crippen MR) is 95.2 cm³/mol. The summed E-state index contributed by atoms with van der Waals surface area (Å²) in [4.78, 5) is 20.7. The molecule has 1 saturated heterocycles. The Hall–Kier alpha value is -2.19. The number of rotatable bonds is 6. The molecule has 2 aliphatic rings. The van der Waals surface area contributed by atoms with Gasteiger partial charge in [-0.1, -0.05) is 0 Å². The van der Waals surface area contributed by atoms with Crippen LogP contribution in [-0.2, 0) is 29.7 Å². The molecule has 0 saturated carbocycles. The second kappa shape index (κ2) is 7.59. The zero-order chi connectivity index (χ0) is 17.9. The standard InChI is InChI=1S/C18H26N6O2/c1-21-8-15(6-20-21)9-22-10-16-7-19-14-24(16)17(11-22)12-26-13-18(25)23-4-2-3-5-23/h6-8,14,17H,2-5,9-13H2,1H3. The third-order valence-electron chi connectivity index (χ3n) is 5.15. The maximum Gasteiger partial charge on any atom is 0.248 e. The van der Waals surface area contributed by atoms with Gasteiger partial charge in [0.2, 0.25) is 5.91 Å². The molecule has 1 atom stereocenters. The van der Waals surface area contributed by atoms with Gasteiger partial charge in [-0.25, -0.2) is 4.98 Å². The van der Waals surface area contributed by atoms with Crippen molar-refractivity contribution in [2.75, 3.05) is 32.8 Å². The monoisotopic (exact) mass is 358 g/mol. The van der Waals surface area contributed by atoms with Crippen molar-refractivity contribution in [2.24, 2.45) is 7.05 Å². The number of carbonyl (C=O) groups excluding carboxylic acids is 1. The zero-order valence-electron chi connectivity index (χ0n) is 15.3. The molecule has 1 amide bonds. The molecule has 4 heterocycles. The number of likely N-dealkylation sites (tertiary alicyclic amines) is 1. The molecular weight excluding hydrogens is 332 g/mol. The van der Waals surface area contributed by atoms with Crippen molar-refractivity contribution in [3.63, 3.8) is 0 Å². The molecule has 0 aliphatic carbocycles. The van der Waals surface area contributed by atoms with Gasteiger partial charge in [0.1, 0.15) is 6.61 Å². The van der Waals surface area contributed by atoms with Gasteiger partial charge in [-0.05, 0) is 12.8 Å². The maximum absolute atomic E-state index is 12.2. The van der Waals surface area contributed by atoms with Gasteiger partial charge < -0.3 is 14.2 Å². The molecule has 140 valence electrons. The van der Waals surface area contributed by atoms with Gasteiger partial charge in [0.15, 0.2) is 0 Å². The number of hydrogen-bond donors (Lipinski definition) is 0. The molecular formula is C18H26N6O2. The van der Waals surface area contributed by atoms with E-state index < -0.39 is 0 Å². The Kier molecular flexibility index (Phi) is 5.03. The van der Waals surface area contributed by atoms with Crippen LogP contribution < -0.4 is 0 Å². The normalized spacial score (nSPS) is 20.5. The van der Waals surface area contributed by atoms with Crippen LogP contribution in [0.25, 0.3) is 0 Å². The van der Waals surface area contributed by atoms with Crippen molar-refractivity contribution in [3.8, 4) is 0 Å². The average Bonchev–Trinajstić information content (AvgIpc) is 3.36. The number of imidazole rings is 1. The van der Waals surface area contributed by atoms with E-state index in [0.717, 1.165) is 45.6 Å². The smallest absolute Gasteiger partial charge is 0.248 e. The highest BCUT2D eigenvalue weighted by Crippen LogP contribution is 2.22. The number of amides is 1. The lowest BCUT2D eigenvalue weighted by Crippen LogP contribution is -2.39. The molecule has 4 rings (SSSR count). The van der Waals surface area contributed by atoms with E-state index >= 15 is 0 Å². The van der Waals surface area contributed by atoms with Gasteiger partial charge in [-0.3, -0.25) is 14.4 Å². The van der Waals surface area contributed by atoms with Crippen LogP contribution in [0.2, 0.25) is 0 Å². The zero-order valence-corrected chi connectivity index (χ0v) is 15.3. The van der Waals surface area contributed by atoms with Crippen molar-refractivity contribution in [1.82, 2.24) is 29.1 Å². The summed E-state index contributed by atoms with van der Waals surface area (Å²) in [6, 6.07) is 0.171. The van der Waals surface area contributed by atoms with Gasteiger partial charge in [0, 0.05) is 57.7 Å². The second-order valence-electron chi connectivity index (χ2n) is 7.24. The summed E-state index contributed by atoms with van der Waals surface area (Å²) in [6.45, 7) is 5.01. The number of carbonyl (C=O) groups is 1. The highest BCUT2D eigenvalue weighted by atomic mass is 16.5. The minimum Gasteiger partial charge on any atom is -0.369 e. The fourth-order valence-corrected chi connectivity index (χ4v) is 3.87. The largest absolute Gasteiger partial charge is 0.369 e. The fourth-order valence-electron chi connectivity index (χ4n) is 3.87. The summed E-state index contributed by atoms with van der Waals surface area (Å²) in [5, 5.41) is 4.25. The Balaban J connectivity index is 1.34. The highest BCUT2D eigenvalue weighted by molar-refractivity contribution is 5.77. The van der Waals surface area contributed by atoms with E-state index in [1.165, 1.54) is 11.3 Å². The third kappa shape index (κ3) is 3.81. The molecule has 0 aromatic carbocycles. The minimum atomic E-state index is 0.108. The van der Waals surface area contributed by atoms with Crippen LogP contribution in [0.5, 0.6) is 0 Å². The van der Waals surface area contributed by atoms with Crippen molar-refractivity contribution in [1.29, 1.82) is 0 Å². The number of hydrogen-bond acceptors (Lipinski definition) is 5. The van der Waals surface area contributed by atoms with Gasteiger partial charge in [0.25, 0.3) is 0 Å². The SMILES string of the molecule is Cn1cc(CN2Cc3cncn3C(COCC(=O)N3CCCC3)C2)cn1. The summed E-state index contributed by atoms with van der Waals surface area (Å²) in [5.41, 5.74) is 2.38. The van der Waals surface area contributed by atoms with Crippen LogP contribution in [0, 0.1) is 0 Å². The molecule has 0 bridgehead atoms. The first kappa shape index (κ1) is 17.2. The maximum atomic E-state index is 12.2. The summed E-state index contributed by atoms with van der Waals surface area (Å²) < 4.78 is 9.80. The van der Waals surface area contributed by atoms with Gasteiger partial charge in [-0.2, -0.15) is 5.10 Å². The predicted octanol–water partition coefficient (Wildman–Crippen LogP) is 0.813. The molecule has 8 nitrogen and oxygen atoms in total. The molecule has 2 aromatic rings. The summed E-state index contributed by atoms with van der Waals surface area (Å²) in [6.07, 6.45) is 9.95. The van der Waals surface area contributed by atoms with Crippen molar-refractivity contribution < 1.29 is 9.53 Å². The van der Waals surface area contributed by atoms with Crippen LogP contribution in [0.15, 0.2) is 24.9 Å². The van der Waals surface area contributed by atoms with Crippen LogP contribution in [-0.4, -0.2) is 67.9 Å². The fraction of sp³-hybridized carbons (Fsp3) is 0.611. The first-order valence-corrected chi connectivity index (χ1v) is 9.25. The Morgan fingerprint density at radius 3 is 2.92 bits per heavy atom. The quantitative estimate of drug-likeness (QED) is 0.765. The van der Waals surface area contributed by atoms with Crippen molar-refractivity contribution >= 4 is 5.91 Å². The molecule has 1 fully saturated rings. The van der Waals surface area contributed by atoms with Crippen LogP contribution in [0.3, 0.4) is 0 Å². The van der Waals surface area contributed by atoms with Crippen molar-refractivity contribution in [2.45, 2.75) is 32.0 Å². The molecule has 8 heteroatoms. The molecule has 0 N–H and O–H groups in total. The van der Waals surface area contributed by atoms with E-state index in [2.05, 4.69) is 19.5 Å². The lowest BCUT2D eigenvalue weighted by atomic mass is 10.2. The Morgan fingerprint density at radius 1 is 1.31 bits per heavy atom. The van der Waals surface area contributed by atoms with Gasteiger partial charge >= 0.3 is 0 Å². The number of aromatic nitrogens is 4. The van der Waals surface area contributed by atoms with E-state index in [1.54, 1.807) is 0 Å². The summed E-state index contributed by atoms with van der Waals surface area (Å²) in [5.74, 6) is 0.108. The van der Waals surface area contributed by atoms with E-state index in [4.69, 9.17) is 4.74 Å². The van der Waals surface area contributed by atoms with Crippen LogP contribution in [0.1, 0.15) is 30.1 Å². The summed E-state index contributed by atoms with van der Waals surface area (Å²) >= 11 is 0. The van der Waals surface area contributed by atoms with E-state index in [1.807, 2.05) is 41.5 Å². The van der Waals surface area contributed by atoms with E-state index in [-0.39, 0.29) is 18.6 Å². The van der Waals surface area contributed by atoms with Gasteiger partial charge in [0.05, 0.1) is 30.9 Å². The molecule has 2 aromatic heterocycles. The number of nitrogens with zero attached hydrogens (tertiary/aromatic N) is 6. The first-order valence-electron chi connectivity index (χ1n) is 9.25. The van der Waals surface area contributed by atoms with Crippen LogP contribution in [0.4, 0.5) is 0 Å². The minimum absolute atomic E-state index is 0.108. The average molecular weight is 358 g/mol. The Morgan fingerprint density at radius 2 is 2.15 bits per heavy atom. The lowest BCUT2D eigenvalue weighted by Gasteiger charge is -2.34. The van der Waals surface area contributed by atoms with Gasteiger partial charge in [-0.15, -0.1) is 0 Å². The molecule has 1 unspecified atom stereocenters. The first-order chi connectivity index (χ1) is 12.7. The van der Waals surface area contributed by atoms with Crippen LogP contribution >= 0.6 is 0 Å². The second-order valence-corrected chi connectivity index (χ2v) is 7.24. The molecule has 0 spiro atoms. The topological polar surface area (TPSA) is 68.4 Å². The third-order valence-corrected chi connectivity index (χ3v) is 5.15. The van der Waals surface area contributed by atoms with Crippen molar-refractivity contribution in [3.05, 3.63) is 36.2 Å². The molecule has 2 aliphatic heterocycles. The van der Waals surface area contributed by atoms with E-state index in [9.17, 15) is 4.79 Å². The Labute approximate surface area is 153 Å². The number of aryl methyl sites for hydroxylation is 1. The highest BCUT2D eigenvalue weighted by Gasteiger charge is 2.26. The summed E-state index contributed by atoms with van der Waals surface area (Å²) in [7, 11) is 1.93. The number of fused-ring (bicyclic) bond motifs is 1. The Bertz CT molecular complexity index is 748. The lowest BCUT2D eigenvalue weighted by molar-refractivity contribution is -0.135. The number of ether oxygens (including phenoxy) is 1. The molecule has 0 radical (unpaired) electrons. The molecule has 26 heavy (non-hydrogen) atoms.